The molecule has 2 heterocycles. The molecule has 4 rings (SSSR count). The van der Waals surface area contributed by atoms with Gasteiger partial charge in [0.05, 0.1) is 6.04 Å². The van der Waals surface area contributed by atoms with Gasteiger partial charge in [-0.2, -0.15) is 0 Å². The topological polar surface area (TPSA) is 69.9 Å². The number of anilines is 1. The number of benzene rings is 1. The van der Waals surface area contributed by atoms with Gasteiger partial charge in [-0.25, -0.2) is 0 Å². The number of nitrogens with zero attached hydrogens (tertiary/aromatic N) is 3. The van der Waals surface area contributed by atoms with Crippen LogP contribution in [0.1, 0.15) is 44.1 Å². The Labute approximate surface area is 161 Å². The first kappa shape index (κ1) is 18.4. The molecule has 1 unspecified atom stereocenters. The van der Waals surface area contributed by atoms with Crippen LogP contribution >= 0.6 is 0 Å². The minimum absolute atomic E-state index is 0.00927. The largest absolute Gasteiger partial charge is 0.367 e. The number of nitrogens with two attached hydrogens (primary N) is 1. The Kier molecular flexibility index (Phi) is 4.72. The molecule has 2 aliphatic heterocycles. The summed E-state index contributed by atoms with van der Waals surface area (Å²) in [4.78, 5) is 30.8. The zero-order valence-electron chi connectivity index (χ0n) is 16.4. The van der Waals surface area contributed by atoms with Gasteiger partial charge in [0.2, 0.25) is 5.91 Å². The summed E-state index contributed by atoms with van der Waals surface area (Å²) in [6, 6.07) is 8.11. The monoisotopic (exact) mass is 370 g/mol. The highest BCUT2D eigenvalue weighted by Gasteiger charge is 2.51. The molecule has 1 saturated carbocycles. The Balaban J connectivity index is 1.58. The molecule has 2 N–H and O–H groups in total. The maximum Gasteiger partial charge on any atom is 0.255 e. The summed E-state index contributed by atoms with van der Waals surface area (Å²) in [5.74, 6) is -0.437. The number of carbonyl (C=O) groups is 2. The van der Waals surface area contributed by atoms with Crippen LogP contribution in [0.3, 0.4) is 0 Å². The normalized spacial score (nSPS) is 27.1. The zero-order chi connectivity index (χ0) is 19.2. The second-order valence-corrected chi connectivity index (χ2v) is 8.61. The summed E-state index contributed by atoms with van der Waals surface area (Å²) < 4.78 is 0. The van der Waals surface area contributed by atoms with E-state index in [1.54, 1.807) is 4.90 Å². The number of amides is 2. The molecule has 0 radical (unpaired) electrons. The Morgan fingerprint density at radius 3 is 2.48 bits per heavy atom. The van der Waals surface area contributed by atoms with E-state index in [0.717, 1.165) is 38.0 Å². The molecule has 0 spiro atoms. The van der Waals surface area contributed by atoms with Crippen LogP contribution in [0.5, 0.6) is 0 Å². The predicted octanol–water partition coefficient (Wildman–Crippen LogP) is 1.68. The molecule has 6 heteroatoms. The Bertz CT molecular complexity index is 726. The van der Waals surface area contributed by atoms with Gasteiger partial charge < -0.3 is 10.6 Å². The van der Waals surface area contributed by atoms with Crippen molar-refractivity contribution in [2.45, 2.75) is 56.1 Å². The van der Waals surface area contributed by atoms with Crippen LogP contribution in [-0.4, -0.2) is 61.0 Å². The Morgan fingerprint density at radius 2 is 1.93 bits per heavy atom. The van der Waals surface area contributed by atoms with E-state index in [9.17, 15) is 9.59 Å². The van der Waals surface area contributed by atoms with E-state index in [1.165, 1.54) is 24.8 Å². The Hall–Kier alpha value is -1.92. The molecule has 1 aliphatic carbocycles. The quantitative estimate of drug-likeness (QED) is 0.827. The maximum atomic E-state index is 12.9. The molecule has 0 bridgehead atoms. The van der Waals surface area contributed by atoms with Crippen molar-refractivity contribution in [3.05, 3.63) is 29.8 Å². The number of fused-ring (bicyclic) bond motifs is 1. The van der Waals surface area contributed by atoms with Gasteiger partial charge in [0.1, 0.15) is 0 Å². The van der Waals surface area contributed by atoms with Crippen molar-refractivity contribution in [3.63, 3.8) is 0 Å². The fraction of sp³-hybridized carbons (Fsp3) is 0.619. The minimum Gasteiger partial charge on any atom is -0.367 e. The van der Waals surface area contributed by atoms with Crippen LogP contribution in [0.4, 0.5) is 5.69 Å². The number of rotatable bonds is 6. The van der Waals surface area contributed by atoms with Gasteiger partial charge in [0.15, 0.2) is 6.17 Å². The number of hydrogen-bond donors (Lipinski definition) is 1. The summed E-state index contributed by atoms with van der Waals surface area (Å²) in [6.07, 6.45) is 5.99. The SMILES string of the molecule is CN(C)CCC1(c2ccc(N3C(=O)[C@@H]4CCCN4C3C(N)=O)cc2)CCC1. The molecular weight excluding hydrogens is 340 g/mol. The third-order valence-electron chi connectivity index (χ3n) is 6.74. The first-order valence-corrected chi connectivity index (χ1v) is 10.1. The average molecular weight is 370 g/mol. The van der Waals surface area contributed by atoms with E-state index in [-0.39, 0.29) is 17.4 Å². The summed E-state index contributed by atoms with van der Waals surface area (Å²) in [7, 11) is 4.23. The second kappa shape index (κ2) is 6.91. The van der Waals surface area contributed by atoms with E-state index in [2.05, 4.69) is 31.1 Å². The molecule has 2 saturated heterocycles. The standard InChI is InChI=1S/C21H30N4O2/c1-23(2)14-12-21(10-4-11-21)15-6-8-16(9-7-15)25-19(18(22)26)24-13-3-5-17(24)20(25)27/h6-9,17,19H,3-5,10-14H2,1-2H3,(H2,22,26)/t17-,19?/m0/s1. The van der Waals surface area contributed by atoms with Crippen molar-refractivity contribution in [1.82, 2.24) is 9.80 Å². The van der Waals surface area contributed by atoms with Gasteiger partial charge in [0, 0.05) is 12.2 Å². The van der Waals surface area contributed by atoms with Crippen LogP contribution in [0.2, 0.25) is 0 Å². The molecule has 2 amide bonds. The first-order valence-electron chi connectivity index (χ1n) is 10.1. The summed E-state index contributed by atoms with van der Waals surface area (Å²) in [6.45, 7) is 1.83. The highest BCUT2D eigenvalue weighted by Crippen LogP contribution is 2.47. The number of carbonyl (C=O) groups excluding carboxylic acids is 2. The molecule has 0 aromatic heterocycles. The van der Waals surface area contributed by atoms with Crippen LogP contribution in [-0.2, 0) is 15.0 Å². The number of hydrogen-bond acceptors (Lipinski definition) is 4. The average Bonchev–Trinajstić information content (AvgIpc) is 3.16. The fourth-order valence-corrected chi connectivity index (χ4v) is 5.04. The van der Waals surface area contributed by atoms with Gasteiger partial charge in [0.25, 0.3) is 5.91 Å². The van der Waals surface area contributed by atoms with Crippen molar-refractivity contribution in [2.75, 3.05) is 32.1 Å². The third kappa shape index (κ3) is 3.05. The Morgan fingerprint density at radius 1 is 1.22 bits per heavy atom. The second-order valence-electron chi connectivity index (χ2n) is 8.61. The van der Waals surface area contributed by atoms with Crippen molar-refractivity contribution in [3.8, 4) is 0 Å². The summed E-state index contributed by atoms with van der Waals surface area (Å²) >= 11 is 0. The number of primary amides is 1. The van der Waals surface area contributed by atoms with E-state index >= 15 is 0 Å². The summed E-state index contributed by atoms with van der Waals surface area (Å²) in [5.41, 5.74) is 8.06. The lowest BCUT2D eigenvalue weighted by Gasteiger charge is -2.43. The highest BCUT2D eigenvalue weighted by molar-refractivity contribution is 6.06. The lowest BCUT2D eigenvalue weighted by Crippen LogP contribution is -2.49. The lowest BCUT2D eigenvalue weighted by atomic mass is 9.62. The minimum atomic E-state index is -0.651. The third-order valence-corrected chi connectivity index (χ3v) is 6.74. The lowest BCUT2D eigenvalue weighted by molar-refractivity contribution is -0.122. The van der Waals surface area contributed by atoms with E-state index < -0.39 is 12.1 Å². The molecule has 1 aromatic rings. The van der Waals surface area contributed by atoms with Crippen LogP contribution in [0, 0.1) is 0 Å². The molecule has 3 aliphatic rings. The highest BCUT2D eigenvalue weighted by atomic mass is 16.2. The molecule has 6 nitrogen and oxygen atoms in total. The van der Waals surface area contributed by atoms with Crippen LogP contribution < -0.4 is 10.6 Å². The van der Waals surface area contributed by atoms with E-state index in [1.807, 2.05) is 17.0 Å². The fourth-order valence-electron chi connectivity index (χ4n) is 5.04. The zero-order valence-corrected chi connectivity index (χ0v) is 16.4. The van der Waals surface area contributed by atoms with E-state index in [0.29, 0.717) is 0 Å². The molecular formula is C21H30N4O2. The van der Waals surface area contributed by atoms with Gasteiger partial charge >= 0.3 is 0 Å². The molecule has 2 atom stereocenters. The van der Waals surface area contributed by atoms with Gasteiger partial charge in [-0.05, 0) is 75.9 Å². The molecule has 146 valence electrons. The predicted molar refractivity (Wildman–Crippen MR) is 105 cm³/mol. The molecule has 3 fully saturated rings. The van der Waals surface area contributed by atoms with Gasteiger partial charge in [-0.1, -0.05) is 18.6 Å². The van der Waals surface area contributed by atoms with Crippen molar-refractivity contribution in [1.29, 1.82) is 0 Å². The smallest absolute Gasteiger partial charge is 0.255 e. The van der Waals surface area contributed by atoms with Gasteiger partial charge in [-0.3, -0.25) is 19.4 Å². The van der Waals surface area contributed by atoms with Crippen molar-refractivity contribution in [2.24, 2.45) is 5.73 Å². The molecule has 27 heavy (non-hydrogen) atoms. The van der Waals surface area contributed by atoms with Gasteiger partial charge in [-0.15, -0.1) is 0 Å². The van der Waals surface area contributed by atoms with Crippen molar-refractivity contribution >= 4 is 17.5 Å². The maximum absolute atomic E-state index is 12.9. The van der Waals surface area contributed by atoms with Crippen LogP contribution in [0.25, 0.3) is 0 Å². The van der Waals surface area contributed by atoms with Crippen LogP contribution in [0.15, 0.2) is 24.3 Å². The molecule has 1 aromatic carbocycles. The van der Waals surface area contributed by atoms with Crippen molar-refractivity contribution < 1.29 is 9.59 Å². The summed E-state index contributed by atoms with van der Waals surface area (Å²) in [5, 5.41) is 0. The first-order chi connectivity index (χ1) is 12.9. The van der Waals surface area contributed by atoms with E-state index in [4.69, 9.17) is 5.73 Å².